The summed E-state index contributed by atoms with van der Waals surface area (Å²) in [5, 5.41) is 5.37. The molecule has 2 aromatic carbocycles. The first-order valence-electron chi connectivity index (χ1n) is 9.43. The van der Waals surface area contributed by atoms with Crippen LogP contribution in [0.5, 0.6) is 11.5 Å². The Morgan fingerprint density at radius 1 is 1.17 bits per heavy atom. The van der Waals surface area contributed by atoms with Crippen molar-refractivity contribution < 1.29 is 14.3 Å². The van der Waals surface area contributed by atoms with E-state index in [-0.39, 0.29) is 5.91 Å². The molecule has 0 aliphatic heterocycles. The zero-order valence-electron chi connectivity index (χ0n) is 16.4. The highest BCUT2D eigenvalue weighted by atomic mass is 79.9. The van der Waals surface area contributed by atoms with Crippen molar-refractivity contribution in [1.29, 1.82) is 0 Å². The summed E-state index contributed by atoms with van der Waals surface area (Å²) >= 11 is 4.89. The molecule has 0 spiro atoms. The van der Waals surface area contributed by atoms with E-state index in [9.17, 15) is 4.79 Å². The highest BCUT2D eigenvalue weighted by Gasteiger charge is 2.12. The minimum atomic E-state index is -0.0736. The minimum absolute atomic E-state index is 0.0736. The first-order chi connectivity index (χ1) is 14.1. The molecule has 0 bridgehead atoms. The van der Waals surface area contributed by atoms with Gasteiger partial charge in [0.1, 0.15) is 11.5 Å². The number of hydrogen-bond donors (Lipinski definition) is 1. The summed E-state index contributed by atoms with van der Waals surface area (Å²) in [5.41, 5.74) is 2.88. The van der Waals surface area contributed by atoms with Crippen molar-refractivity contribution in [2.75, 3.05) is 18.5 Å². The molecule has 3 aromatic rings. The number of hydrogen-bond acceptors (Lipinski definition) is 5. The summed E-state index contributed by atoms with van der Waals surface area (Å²) in [6, 6.07) is 13.7. The van der Waals surface area contributed by atoms with Gasteiger partial charge in [-0.2, -0.15) is 0 Å². The van der Waals surface area contributed by atoms with Crippen LogP contribution >= 0.6 is 27.3 Å². The molecule has 1 aromatic heterocycles. The number of ether oxygens (including phenoxy) is 2. The molecule has 1 N–H and O–H groups in total. The van der Waals surface area contributed by atoms with Gasteiger partial charge in [-0.25, -0.2) is 4.98 Å². The van der Waals surface area contributed by atoms with Crippen LogP contribution in [0.3, 0.4) is 0 Å². The fourth-order valence-electron chi connectivity index (χ4n) is 2.73. The Balaban J connectivity index is 1.49. The van der Waals surface area contributed by atoms with Crippen molar-refractivity contribution in [2.24, 2.45) is 0 Å². The normalized spacial score (nSPS) is 10.6. The fourth-order valence-corrected chi connectivity index (χ4v) is 4.07. The molecule has 0 saturated carbocycles. The van der Waals surface area contributed by atoms with E-state index in [2.05, 4.69) is 26.2 Å². The summed E-state index contributed by atoms with van der Waals surface area (Å²) in [4.78, 5) is 16.7. The number of aryl methyl sites for hydroxylation is 1. The molecule has 0 atom stereocenters. The van der Waals surface area contributed by atoms with Crippen LogP contribution in [0.15, 0.2) is 52.3 Å². The molecule has 0 fully saturated rings. The van der Waals surface area contributed by atoms with Crippen LogP contribution in [0.2, 0.25) is 0 Å². The van der Waals surface area contributed by atoms with Gasteiger partial charge in [0.15, 0.2) is 5.13 Å². The van der Waals surface area contributed by atoms with Gasteiger partial charge < -0.3 is 14.8 Å². The maximum atomic E-state index is 12.2. The van der Waals surface area contributed by atoms with Crippen LogP contribution in [0, 0.1) is 6.92 Å². The van der Waals surface area contributed by atoms with E-state index in [0.717, 1.165) is 32.8 Å². The predicted octanol–water partition coefficient (Wildman–Crippen LogP) is 6.08. The van der Waals surface area contributed by atoms with Gasteiger partial charge in [-0.05, 0) is 66.0 Å². The van der Waals surface area contributed by atoms with Gasteiger partial charge >= 0.3 is 0 Å². The predicted molar refractivity (Wildman–Crippen MR) is 121 cm³/mol. The van der Waals surface area contributed by atoms with Crippen LogP contribution in [-0.4, -0.2) is 24.1 Å². The number of nitrogens with zero attached hydrogens (tertiary/aromatic N) is 1. The van der Waals surface area contributed by atoms with Gasteiger partial charge in [0.25, 0.3) is 0 Å². The summed E-state index contributed by atoms with van der Waals surface area (Å²) in [6.07, 6.45) is 0.992. The summed E-state index contributed by atoms with van der Waals surface area (Å²) in [5.74, 6) is 1.50. The highest BCUT2D eigenvalue weighted by Crippen LogP contribution is 2.32. The number of benzene rings is 2. The van der Waals surface area contributed by atoms with Crippen molar-refractivity contribution in [3.63, 3.8) is 0 Å². The van der Waals surface area contributed by atoms with E-state index in [1.165, 1.54) is 11.3 Å². The lowest BCUT2D eigenvalue weighted by Gasteiger charge is -2.08. The third kappa shape index (κ3) is 6.05. The molecule has 1 heterocycles. The molecule has 0 aliphatic rings. The first-order valence-corrected chi connectivity index (χ1v) is 11.1. The Morgan fingerprint density at radius 2 is 2.00 bits per heavy atom. The first kappa shape index (κ1) is 21.3. The molecule has 3 rings (SSSR count). The molecule has 152 valence electrons. The number of carbonyl (C=O) groups is 1. The third-order valence-electron chi connectivity index (χ3n) is 4.11. The SMILES string of the molecule is CCOc1ccccc1-c1csc(NC(=O)CCCOc2ccc(C)cc2Br)n1. The monoisotopic (exact) mass is 474 g/mol. The van der Waals surface area contributed by atoms with Crippen molar-refractivity contribution in [1.82, 2.24) is 4.98 Å². The van der Waals surface area contributed by atoms with Crippen molar-refractivity contribution in [2.45, 2.75) is 26.7 Å². The van der Waals surface area contributed by atoms with Crippen molar-refractivity contribution >= 4 is 38.3 Å². The molecule has 29 heavy (non-hydrogen) atoms. The fraction of sp³-hybridized carbons (Fsp3) is 0.273. The van der Waals surface area contributed by atoms with E-state index in [4.69, 9.17) is 9.47 Å². The van der Waals surface area contributed by atoms with E-state index in [1.807, 2.05) is 61.7 Å². The average Bonchev–Trinajstić information content (AvgIpc) is 3.15. The quantitative estimate of drug-likeness (QED) is 0.381. The maximum absolute atomic E-state index is 12.2. The number of thiazole rings is 1. The number of halogens is 1. The van der Waals surface area contributed by atoms with E-state index < -0.39 is 0 Å². The van der Waals surface area contributed by atoms with Gasteiger partial charge in [0.2, 0.25) is 5.91 Å². The Morgan fingerprint density at radius 3 is 2.79 bits per heavy atom. The summed E-state index contributed by atoms with van der Waals surface area (Å²) < 4.78 is 12.3. The van der Waals surface area contributed by atoms with Crippen LogP contribution in [0.25, 0.3) is 11.3 Å². The van der Waals surface area contributed by atoms with Gasteiger partial charge in [-0.15, -0.1) is 11.3 Å². The molecule has 0 saturated heterocycles. The van der Waals surface area contributed by atoms with Gasteiger partial charge in [0, 0.05) is 17.4 Å². The summed E-state index contributed by atoms with van der Waals surface area (Å²) in [6.45, 7) is 5.04. The van der Waals surface area contributed by atoms with Crippen molar-refractivity contribution in [3.05, 3.63) is 57.9 Å². The minimum Gasteiger partial charge on any atom is -0.493 e. The number of amides is 1. The van der Waals surface area contributed by atoms with Crippen LogP contribution < -0.4 is 14.8 Å². The molecule has 1 amide bonds. The Bertz CT molecular complexity index is 974. The Labute approximate surface area is 183 Å². The topological polar surface area (TPSA) is 60.5 Å². The lowest BCUT2D eigenvalue weighted by molar-refractivity contribution is -0.116. The van der Waals surface area contributed by atoms with E-state index in [0.29, 0.717) is 31.2 Å². The van der Waals surface area contributed by atoms with Gasteiger partial charge in [-0.1, -0.05) is 18.2 Å². The van der Waals surface area contributed by atoms with Gasteiger partial charge in [-0.3, -0.25) is 4.79 Å². The number of para-hydroxylation sites is 1. The molecular formula is C22H23BrN2O3S. The third-order valence-corrected chi connectivity index (χ3v) is 5.48. The molecule has 5 nitrogen and oxygen atoms in total. The van der Waals surface area contributed by atoms with Crippen LogP contribution in [0.1, 0.15) is 25.3 Å². The van der Waals surface area contributed by atoms with Crippen LogP contribution in [-0.2, 0) is 4.79 Å². The van der Waals surface area contributed by atoms with E-state index >= 15 is 0 Å². The Hall–Kier alpha value is -2.38. The lowest BCUT2D eigenvalue weighted by Crippen LogP contribution is -2.12. The number of anilines is 1. The van der Waals surface area contributed by atoms with E-state index in [1.54, 1.807) is 0 Å². The molecule has 0 radical (unpaired) electrons. The molecular weight excluding hydrogens is 452 g/mol. The second kappa shape index (κ2) is 10.4. The molecule has 0 aliphatic carbocycles. The second-order valence-corrected chi connectivity index (χ2v) is 8.11. The number of carbonyl (C=O) groups excluding carboxylic acids is 1. The number of rotatable bonds is 9. The second-order valence-electron chi connectivity index (χ2n) is 6.40. The highest BCUT2D eigenvalue weighted by molar-refractivity contribution is 9.10. The standard InChI is InChI=1S/C22H23BrN2O3S/c1-3-27-19-8-5-4-7-16(19)18-14-29-22(24-18)25-21(26)9-6-12-28-20-11-10-15(2)13-17(20)23/h4-5,7-8,10-11,13-14H,3,6,9,12H2,1-2H3,(H,24,25,26). The summed E-state index contributed by atoms with van der Waals surface area (Å²) in [7, 11) is 0. The largest absolute Gasteiger partial charge is 0.493 e. The zero-order chi connectivity index (χ0) is 20.6. The number of aromatic nitrogens is 1. The molecule has 7 heteroatoms. The van der Waals surface area contributed by atoms with Crippen molar-refractivity contribution in [3.8, 4) is 22.8 Å². The lowest BCUT2D eigenvalue weighted by atomic mass is 10.1. The average molecular weight is 475 g/mol. The number of nitrogens with one attached hydrogen (secondary N) is 1. The molecule has 0 unspecified atom stereocenters. The maximum Gasteiger partial charge on any atom is 0.226 e. The Kier molecular flexibility index (Phi) is 7.66. The smallest absolute Gasteiger partial charge is 0.226 e. The van der Waals surface area contributed by atoms with Gasteiger partial charge in [0.05, 0.1) is 23.4 Å². The van der Waals surface area contributed by atoms with Crippen LogP contribution in [0.4, 0.5) is 5.13 Å². The zero-order valence-corrected chi connectivity index (χ0v) is 18.8.